The molecule has 0 aliphatic rings. The van der Waals surface area contributed by atoms with Crippen LogP contribution in [0.5, 0.6) is 0 Å². The first kappa shape index (κ1) is 24.2. The van der Waals surface area contributed by atoms with E-state index in [1.807, 2.05) is 13.8 Å². The van der Waals surface area contributed by atoms with Crippen molar-refractivity contribution < 1.29 is 13.6 Å². The summed E-state index contributed by atoms with van der Waals surface area (Å²) in [6.07, 6.45) is 0. The smallest absolute Gasteiger partial charge is 0.262 e. The molecule has 3 rings (SSSR count). The molecule has 1 aromatic carbocycles. The molecule has 0 atom stereocenters. The lowest BCUT2D eigenvalue weighted by atomic mass is 10.3. The molecule has 1 amide bonds. The van der Waals surface area contributed by atoms with E-state index in [2.05, 4.69) is 9.88 Å². The van der Waals surface area contributed by atoms with Gasteiger partial charge in [0.2, 0.25) is 0 Å². The number of amides is 1. The van der Waals surface area contributed by atoms with E-state index in [9.17, 15) is 13.6 Å². The van der Waals surface area contributed by atoms with Crippen LogP contribution in [0.4, 0.5) is 13.9 Å². The zero-order valence-electron chi connectivity index (χ0n) is 15.5. The second kappa shape index (κ2) is 10.3. The van der Waals surface area contributed by atoms with E-state index in [0.717, 1.165) is 41.8 Å². The average Bonchev–Trinajstić information content (AvgIpc) is 3.21. The number of carbonyl (C=O) groups is 1. The van der Waals surface area contributed by atoms with Crippen LogP contribution in [0.1, 0.15) is 24.2 Å². The van der Waals surface area contributed by atoms with E-state index in [1.165, 1.54) is 17.0 Å². The third-order valence-corrected chi connectivity index (χ3v) is 6.81. The summed E-state index contributed by atoms with van der Waals surface area (Å²) < 4.78 is 28.7. The molecule has 0 spiro atoms. The van der Waals surface area contributed by atoms with Gasteiger partial charge in [0, 0.05) is 19.2 Å². The predicted molar refractivity (Wildman–Crippen MR) is 121 cm³/mol. The Morgan fingerprint density at radius 1 is 1.10 bits per heavy atom. The minimum Gasteiger partial charge on any atom is -0.302 e. The van der Waals surface area contributed by atoms with Crippen LogP contribution in [-0.4, -0.2) is 42.0 Å². The number of hydrogen-bond donors (Lipinski definition) is 0. The van der Waals surface area contributed by atoms with Crippen LogP contribution in [0.3, 0.4) is 0 Å². The maximum atomic E-state index is 14.1. The molecule has 3 aromatic rings. The fourth-order valence-corrected chi connectivity index (χ4v) is 5.24. The number of nitrogens with zero attached hydrogens (tertiary/aromatic N) is 3. The lowest BCUT2D eigenvalue weighted by molar-refractivity contribution is 0.0984. The topological polar surface area (TPSA) is 36.4 Å². The number of carbonyl (C=O) groups excluding carboxylic acids is 1. The number of thiazole rings is 1. The van der Waals surface area contributed by atoms with Crippen molar-refractivity contribution in [1.29, 1.82) is 0 Å². The highest BCUT2D eigenvalue weighted by Crippen LogP contribution is 2.35. The van der Waals surface area contributed by atoms with Crippen molar-refractivity contribution in [2.24, 2.45) is 0 Å². The van der Waals surface area contributed by atoms with Crippen molar-refractivity contribution in [3.05, 3.63) is 44.1 Å². The molecule has 0 bridgehead atoms. The van der Waals surface area contributed by atoms with Gasteiger partial charge in [-0.3, -0.25) is 9.69 Å². The Labute approximate surface area is 191 Å². The molecule has 0 N–H and O–H groups in total. The largest absolute Gasteiger partial charge is 0.302 e. The summed E-state index contributed by atoms with van der Waals surface area (Å²) in [7, 11) is 0. The summed E-state index contributed by atoms with van der Waals surface area (Å²) in [6.45, 7) is 6.63. The first-order valence-electron chi connectivity index (χ1n) is 8.58. The first-order valence-corrected chi connectivity index (χ1v) is 11.0. The lowest BCUT2D eigenvalue weighted by Crippen LogP contribution is -2.38. The SMILES string of the molecule is CCN(CC)CCN(C(=O)c1cc(Cl)sc1Cl)c1nc2c(F)cc(F)cc2s1.Cl. The molecule has 0 unspecified atom stereocenters. The molecule has 0 fully saturated rings. The van der Waals surface area contributed by atoms with E-state index in [0.29, 0.717) is 22.1 Å². The molecule has 0 radical (unpaired) electrons. The Bertz CT molecular complexity index is 1010. The van der Waals surface area contributed by atoms with Gasteiger partial charge in [-0.25, -0.2) is 13.8 Å². The molecule has 0 aliphatic heterocycles. The van der Waals surface area contributed by atoms with Crippen LogP contribution in [-0.2, 0) is 0 Å². The summed E-state index contributed by atoms with van der Waals surface area (Å²) in [5.41, 5.74) is 0.304. The minimum atomic E-state index is -0.759. The molecule has 0 saturated carbocycles. The van der Waals surface area contributed by atoms with Crippen LogP contribution in [0, 0.1) is 11.6 Å². The van der Waals surface area contributed by atoms with Crippen molar-refractivity contribution in [2.75, 3.05) is 31.1 Å². The molecular formula is C18H18Cl3F2N3OS2. The molecule has 11 heteroatoms. The average molecular weight is 501 g/mol. The third-order valence-electron chi connectivity index (χ3n) is 4.30. The van der Waals surface area contributed by atoms with Crippen LogP contribution < -0.4 is 4.90 Å². The van der Waals surface area contributed by atoms with Gasteiger partial charge in [-0.2, -0.15) is 0 Å². The highest BCUT2D eigenvalue weighted by molar-refractivity contribution is 7.22. The van der Waals surface area contributed by atoms with Crippen LogP contribution >= 0.6 is 58.3 Å². The molecule has 2 heterocycles. The monoisotopic (exact) mass is 499 g/mol. The Kier molecular flexibility index (Phi) is 8.63. The number of hydrogen-bond acceptors (Lipinski definition) is 5. The Morgan fingerprint density at radius 3 is 2.38 bits per heavy atom. The summed E-state index contributed by atoms with van der Waals surface area (Å²) in [5, 5.41) is 0.287. The fraction of sp³-hybridized carbons (Fsp3) is 0.333. The van der Waals surface area contributed by atoms with Gasteiger partial charge in [0.1, 0.15) is 15.7 Å². The molecule has 158 valence electrons. The van der Waals surface area contributed by atoms with E-state index in [1.54, 1.807) is 0 Å². The van der Waals surface area contributed by atoms with Crippen molar-refractivity contribution in [3.63, 3.8) is 0 Å². The van der Waals surface area contributed by atoms with Gasteiger partial charge in [-0.1, -0.05) is 48.4 Å². The molecule has 29 heavy (non-hydrogen) atoms. The van der Waals surface area contributed by atoms with Gasteiger partial charge in [0.15, 0.2) is 10.9 Å². The second-order valence-corrected chi connectivity index (χ2v) is 9.25. The molecular weight excluding hydrogens is 483 g/mol. The number of likely N-dealkylation sites (N-methyl/N-ethyl adjacent to an activating group) is 1. The summed E-state index contributed by atoms with van der Waals surface area (Å²) in [6, 6.07) is 3.50. The van der Waals surface area contributed by atoms with Crippen LogP contribution in [0.2, 0.25) is 8.67 Å². The van der Waals surface area contributed by atoms with E-state index in [-0.39, 0.29) is 38.9 Å². The Balaban J connectivity index is 0.00000300. The van der Waals surface area contributed by atoms with Gasteiger partial charge in [0.05, 0.1) is 14.6 Å². The van der Waals surface area contributed by atoms with Crippen LogP contribution in [0.25, 0.3) is 10.2 Å². The number of rotatable bonds is 7. The maximum absolute atomic E-state index is 14.1. The number of thiophene rings is 1. The van der Waals surface area contributed by atoms with E-state index in [4.69, 9.17) is 23.2 Å². The number of fused-ring (bicyclic) bond motifs is 1. The van der Waals surface area contributed by atoms with Crippen molar-refractivity contribution >= 4 is 79.5 Å². The normalized spacial score (nSPS) is 11.1. The molecule has 0 saturated heterocycles. The van der Waals surface area contributed by atoms with Crippen molar-refractivity contribution in [2.45, 2.75) is 13.8 Å². The number of aromatic nitrogens is 1. The standard InChI is InChI=1S/C18H17Cl2F2N3OS2.ClH/c1-3-24(4-2)5-6-25(17(26)11-9-14(19)28-16(11)20)18-23-15-12(22)7-10(21)8-13(15)27-18;/h7-9H,3-6H2,1-2H3;1H. The fourth-order valence-electron chi connectivity index (χ4n) is 2.76. The zero-order chi connectivity index (χ0) is 20.4. The highest BCUT2D eigenvalue weighted by atomic mass is 35.5. The molecule has 0 aliphatic carbocycles. The van der Waals surface area contributed by atoms with Gasteiger partial charge in [-0.05, 0) is 25.2 Å². The second-order valence-electron chi connectivity index (χ2n) is 5.95. The van der Waals surface area contributed by atoms with Crippen LogP contribution in [0.15, 0.2) is 18.2 Å². The summed E-state index contributed by atoms with van der Waals surface area (Å²) >= 11 is 14.3. The van der Waals surface area contributed by atoms with Gasteiger partial charge < -0.3 is 4.90 Å². The first-order chi connectivity index (χ1) is 13.3. The van der Waals surface area contributed by atoms with Gasteiger partial charge in [0.25, 0.3) is 5.91 Å². The summed E-state index contributed by atoms with van der Waals surface area (Å²) in [5.74, 6) is -1.82. The highest BCUT2D eigenvalue weighted by Gasteiger charge is 2.26. The van der Waals surface area contributed by atoms with Crippen molar-refractivity contribution in [3.8, 4) is 0 Å². The molecule has 4 nitrogen and oxygen atoms in total. The lowest BCUT2D eigenvalue weighted by Gasteiger charge is -2.24. The number of benzene rings is 1. The Morgan fingerprint density at radius 2 is 1.79 bits per heavy atom. The number of halogens is 5. The third kappa shape index (κ3) is 5.37. The minimum absolute atomic E-state index is 0. The van der Waals surface area contributed by atoms with E-state index >= 15 is 0 Å². The van der Waals surface area contributed by atoms with Gasteiger partial charge in [-0.15, -0.1) is 23.7 Å². The number of anilines is 1. The Hall–Kier alpha value is -1.03. The van der Waals surface area contributed by atoms with Crippen molar-refractivity contribution in [1.82, 2.24) is 9.88 Å². The molecule has 2 aromatic heterocycles. The quantitative estimate of drug-likeness (QED) is 0.379. The van der Waals surface area contributed by atoms with E-state index < -0.39 is 11.6 Å². The zero-order valence-corrected chi connectivity index (χ0v) is 19.5. The maximum Gasteiger partial charge on any atom is 0.262 e. The summed E-state index contributed by atoms with van der Waals surface area (Å²) in [4.78, 5) is 21.0. The van der Waals surface area contributed by atoms with Gasteiger partial charge >= 0.3 is 0 Å². The predicted octanol–water partition coefficient (Wildman–Crippen LogP) is 6.35.